The summed E-state index contributed by atoms with van der Waals surface area (Å²) in [6, 6.07) is 0. The van der Waals surface area contributed by atoms with Gasteiger partial charge in [-0.1, -0.05) is 6.92 Å². The average Bonchev–Trinajstić information content (AvgIpc) is 3.36. The maximum atomic E-state index is 12.6. The number of anilines is 1. The van der Waals surface area contributed by atoms with Gasteiger partial charge in [0.15, 0.2) is 0 Å². The topological polar surface area (TPSA) is 52.6 Å². The van der Waals surface area contributed by atoms with Crippen molar-refractivity contribution in [3.05, 3.63) is 17.6 Å². The lowest BCUT2D eigenvalue weighted by Gasteiger charge is -2.34. The van der Waals surface area contributed by atoms with E-state index in [1.165, 1.54) is 5.56 Å². The van der Waals surface area contributed by atoms with E-state index in [0.717, 1.165) is 70.0 Å². The lowest BCUT2D eigenvalue weighted by Crippen LogP contribution is -2.45. The van der Waals surface area contributed by atoms with Gasteiger partial charge >= 0.3 is 0 Å². The number of aromatic nitrogens is 2. The van der Waals surface area contributed by atoms with Crippen LogP contribution in [0.1, 0.15) is 24.6 Å². The number of carbonyl (C=O) groups excluding carboxylic acids is 1. The molecule has 24 heavy (non-hydrogen) atoms. The van der Waals surface area contributed by atoms with Gasteiger partial charge < -0.3 is 14.7 Å². The summed E-state index contributed by atoms with van der Waals surface area (Å²) in [6.45, 7) is 7.96. The summed E-state index contributed by atoms with van der Waals surface area (Å²) in [7, 11) is 2.17. The van der Waals surface area contributed by atoms with Gasteiger partial charge in [0, 0.05) is 57.2 Å². The lowest BCUT2D eigenvalue weighted by atomic mass is 10.1. The first kappa shape index (κ1) is 15.8. The molecule has 1 amide bonds. The molecule has 1 aromatic heterocycles. The molecule has 130 valence electrons. The van der Waals surface area contributed by atoms with Crippen molar-refractivity contribution in [1.82, 2.24) is 19.8 Å². The summed E-state index contributed by atoms with van der Waals surface area (Å²) in [5.74, 6) is 2.30. The van der Waals surface area contributed by atoms with Gasteiger partial charge in [-0.3, -0.25) is 4.79 Å². The van der Waals surface area contributed by atoms with Crippen molar-refractivity contribution in [3.8, 4) is 0 Å². The maximum absolute atomic E-state index is 12.6. The Bertz CT molecular complexity index is 626. The van der Waals surface area contributed by atoms with Crippen LogP contribution in [0.5, 0.6) is 0 Å². The van der Waals surface area contributed by atoms with E-state index in [1.54, 1.807) is 6.33 Å². The summed E-state index contributed by atoms with van der Waals surface area (Å²) < 4.78 is 0. The maximum Gasteiger partial charge on any atom is 0.225 e. The third-order valence-corrected chi connectivity index (χ3v) is 5.80. The van der Waals surface area contributed by atoms with Gasteiger partial charge in [-0.15, -0.1) is 0 Å². The van der Waals surface area contributed by atoms with E-state index >= 15 is 0 Å². The largest absolute Gasteiger partial charge is 0.354 e. The molecule has 6 nitrogen and oxygen atoms in total. The first-order valence-electron chi connectivity index (χ1n) is 9.18. The highest BCUT2D eigenvalue weighted by molar-refractivity contribution is 5.81. The van der Waals surface area contributed by atoms with Crippen LogP contribution in [0, 0.1) is 11.8 Å². The summed E-state index contributed by atoms with van der Waals surface area (Å²) >= 11 is 0. The van der Waals surface area contributed by atoms with E-state index in [-0.39, 0.29) is 5.92 Å². The Balaban J connectivity index is 1.51. The van der Waals surface area contributed by atoms with Crippen LogP contribution in [0.15, 0.2) is 6.33 Å². The van der Waals surface area contributed by atoms with Crippen molar-refractivity contribution < 1.29 is 4.79 Å². The highest BCUT2D eigenvalue weighted by atomic mass is 16.2. The normalized spacial score (nSPS) is 27.6. The number of rotatable bonds is 2. The molecule has 0 N–H and O–H groups in total. The fraction of sp³-hybridized carbons (Fsp3) is 0.722. The standard InChI is InChI=1S/C18H27N5O/c1-13-11-15(13)18(24)23-5-3-14-16(4-6-23)19-12-20-17(14)22-9-7-21(2)8-10-22/h12-13,15H,3-11H2,1-2H3. The number of nitrogens with zero attached hydrogens (tertiary/aromatic N) is 5. The number of hydrogen-bond donors (Lipinski definition) is 0. The van der Waals surface area contributed by atoms with Crippen LogP contribution in [0.25, 0.3) is 0 Å². The van der Waals surface area contributed by atoms with Gasteiger partial charge in [0.2, 0.25) is 5.91 Å². The monoisotopic (exact) mass is 329 g/mol. The molecule has 2 aliphatic heterocycles. The third-order valence-electron chi connectivity index (χ3n) is 5.80. The molecule has 0 bridgehead atoms. The third kappa shape index (κ3) is 2.99. The molecule has 4 rings (SSSR count). The van der Waals surface area contributed by atoms with Crippen LogP contribution < -0.4 is 4.90 Å². The zero-order valence-electron chi connectivity index (χ0n) is 14.7. The molecular formula is C18H27N5O. The molecule has 3 heterocycles. The Hall–Kier alpha value is -1.69. The van der Waals surface area contributed by atoms with Crippen molar-refractivity contribution in [3.63, 3.8) is 0 Å². The van der Waals surface area contributed by atoms with E-state index in [2.05, 4.69) is 38.6 Å². The van der Waals surface area contributed by atoms with Gasteiger partial charge in [-0.2, -0.15) is 0 Å². The first-order valence-corrected chi connectivity index (χ1v) is 9.18. The second kappa shape index (κ2) is 6.31. The zero-order valence-corrected chi connectivity index (χ0v) is 14.7. The van der Waals surface area contributed by atoms with Gasteiger partial charge in [0.1, 0.15) is 12.1 Å². The first-order chi connectivity index (χ1) is 11.6. The van der Waals surface area contributed by atoms with Crippen molar-refractivity contribution in [2.24, 2.45) is 11.8 Å². The number of likely N-dealkylation sites (N-methyl/N-ethyl adjacent to an activating group) is 1. The minimum Gasteiger partial charge on any atom is -0.354 e. The lowest BCUT2D eigenvalue weighted by molar-refractivity contribution is -0.132. The Morgan fingerprint density at radius 1 is 1.08 bits per heavy atom. The smallest absolute Gasteiger partial charge is 0.225 e. The minimum atomic E-state index is 0.273. The van der Waals surface area contributed by atoms with E-state index in [0.29, 0.717) is 11.8 Å². The molecular weight excluding hydrogens is 302 g/mol. The Labute approximate surface area is 143 Å². The van der Waals surface area contributed by atoms with E-state index in [9.17, 15) is 4.79 Å². The second-order valence-electron chi connectivity index (χ2n) is 7.56. The number of fused-ring (bicyclic) bond motifs is 1. The summed E-state index contributed by atoms with van der Waals surface area (Å²) in [4.78, 5) is 28.5. The van der Waals surface area contributed by atoms with Crippen molar-refractivity contribution >= 4 is 11.7 Å². The van der Waals surface area contributed by atoms with Crippen molar-refractivity contribution in [2.45, 2.75) is 26.2 Å². The molecule has 0 radical (unpaired) electrons. The SMILES string of the molecule is CC1CC1C(=O)N1CCc2ncnc(N3CCN(C)CC3)c2CC1. The molecule has 2 fully saturated rings. The van der Waals surface area contributed by atoms with Gasteiger partial charge in [-0.25, -0.2) is 9.97 Å². The quantitative estimate of drug-likeness (QED) is 0.804. The molecule has 6 heteroatoms. The fourth-order valence-corrected chi connectivity index (χ4v) is 3.92. The van der Waals surface area contributed by atoms with Crippen LogP contribution in [0.2, 0.25) is 0 Å². The number of piperazine rings is 1. The van der Waals surface area contributed by atoms with Crippen LogP contribution in [-0.2, 0) is 17.6 Å². The predicted molar refractivity (Wildman–Crippen MR) is 93.0 cm³/mol. The van der Waals surface area contributed by atoms with Crippen molar-refractivity contribution in [1.29, 1.82) is 0 Å². The highest BCUT2D eigenvalue weighted by Gasteiger charge is 2.41. The van der Waals surface area contributed by atoms with E-state index < -0.39 is 0 Å². The summed E-state index contributed by atoms with van der Waals surface area (Å²) in [5, 5.41) is 0. The van der Waals surface area contributed by atoms with E-state index in [1.807, 2.05) is 0 Å². The molecule has 1 saturated carbocycles. The predicted octanol–water partition coefficient (Wildman–Crippen LogP) is 0.812. The Kier molecular flexibility index (Phi) is 4.16. The Morgan fingerprint density at radius 3 is 2.50 bits per heavy atom. The van der Waals surface area contributed by atoms with Gasteiger partial charge in [-0.05, 0) is 25.8 Å². The molecule has 1 saturated heterocycles. The van der Waals surface area contributed by atoms with Crippen LogP contribution >= 0.6 is 0 Å². The van der Waals surface area contributed by atoms with Gasteiger partial charge in [0.05, 0.1) is 5.69 Å². The second-order valence-corrected chi connectivity index (χ2v) is 7.56. The number of hydrogen-bond acceptors (Lipinski definition) is 5. The number of carbonyl (C=O) groups is 1. The van der Waals surface area contributed by atoms with Crippen LogP contribution in [0.3, 0.4) is 0 Å². The molecule has 0 spiro atoms. The Morgan fingerprint density at radius 2 is 1.79 bits per heavy atom. The summed E-state index contributed by atoms with van der Waals surface area (Å²) in [5.41, 5.74) is 2.40. The van der Waals surface area contributed by atoms with Crippen LogP contribution in [-0.4, -0.2) is 72.0 Å². The molecule has 0 aromatic carbocycles. The molecule has 2 unspecified atom stereocenters. The number of amides is 1. The molecule has 3 aliphatic rings. The molecule has 1 aliphatic carbocycles. The molecule has 2 atom stereocenters. The zero-order chi connectivity index (χ0) is 16.7. The van der Waals surface area contributed by atoms with E-state index in [4.69, 9.17) is 0 Å². The average molecular weight is 329 g/mol. The highest BCUT2D eigenvalue weighted by Crippen LogP contribution is 2.39. The van der Waals surface area contributed by atoms with Crippen molar-refractivity contribution in [2.75, 3.05) is 51.2 Å². The summed E-state index contributed by atoms with van der Waals surface area (Å²) in [6.07, 6.45) is 4.50. The van der Waals surface area contributed by atoms with Crippen LogP contribution in [0.4, 0.5) is 5.82 Å². The molecule has 1 aromatic rings. The van der Waals surface area contributed by atoms with Gasteiger partial charge in [0.25, 0.3) is 0 Å². The minimum absolute atomic E-state index is 0.273. The fourth-order valence-electron chi connectivity index (χ4n) is 3.92.